The second-order valence-electron chi connectivity index (χ2n) is 5.23. The minimum Gasteiger partial charge on any atom is -0.302 e. The van der Waals surface area contributed by atoms with Crippen LogP contribution in [0.15, 0.2) is 24.3 Å². The van der Waals surface area contributed by atoms with Gasteiger partial charge in [0.25, 0.3) is 0 Å². The Morgan fingerprint density at radius 2 is 1.68 bits per heavy atom. The summed E-state index contributed by atoms with van der Waals surface area (Å²) in [4.78, 5) is 36.6. The Hall–Kier alpha value is -1.77. The molecule has 0 amide bonds. The number of aldehydes is 1. The predicted molar refractivity (Wildman–Crippen MR) is 72.3 cm³/mol. The van der Waals surface area contributed by atoms with Gasteiger partial charge in [-0.3, -0.25) is 9.59 Å². The quantitative estimate of drug-likeness (QED) is 0.602. The molecule has 0 aliphatic heterocycles. The summed E-state index contributed by atoms with van der Waals surface area (Å²) in [5, 5.41) is 0. The molecule has 0 bridgehead atoms. The third-order valence-electron chi connectivity index (χ3n) is 4.12. The van der Waals surface area contributed by atoms with E-state index in [1.165, 1.54) is 0 Å². The average Bonchev–Trinajstić information content (AvgIpc) is 2.66. The van der Waals surface area contributed by atoms with Crippen LogP contribution in [0, 0.1) is 11.3 Å². The van der Waals surface area contributed by atoms with Gasteiger partial charge in [-0.2, -0.15) is 0 Å². The van der Waals surface area contributed by atoms with Crippen molar-refractivity contribution in [1.82, 2.24) is 0 Å². The second kappa shape index (κ2) is 5.08. The van der Waals surface area contributed by atoms with Gasteiger partial charge in [0.15, 0.2) is 17.0 Å². The SMILES string of the molecule is CCCCC(C)C1(C=O)C(=O)c2ccccc2C1=O. The van der Waals surface area contributed by atoms with Gasteiger partial charge in [0, 0.05) is 11.1 Å². The highest BCUT2D eigenvalue weighted by Gasteiger charge is 2.55. The summed E-state index contributed by atoms with van der Waals surface area (Å²) in [6.45, 7) is 3.87. The van der Waals surface area contributed by atoms with Crippen LogP contribution in [0.4, 0.5) is 0 Å². The molecule has 0 aromatic heterocycles. The third kappa shape index (κ3) is 1.84. The molecular weight excluding hydrogens is 240 g/mol. The molecule has 0 spiro atoms. The normalized spacial score (nSPS) is 18.2. The van der Waals surface area contributed by atoms with Crippen LogP contribution in [-0.4, -0.2) is 17.9 Å². The first-order valence-corrected chi connectivity index (χ1v) is 6.74. The van der Waals surface area contributed by atoms with Gasteiger partial charge >= 0.3 is 0 Å². The maximum Gasteiger partial charge on any atom is 0.184 e. The zero-order chi connectivity index (χ0) is 14.0. The van der Waals surface area contributed by atoms with E-state index in [0.717, 1.165) is 12.8 Å². The Kier molecular flexibility index (Phi) is 3.65. The maximum atomic E-state index is 12.5. The predicted octanol–water partition coefficient (Wildman–Crippen LogP) is 3.08. The molecule has 3 heteroatoms. The number of hydrogen-bond donors (Lipinski definition) is 0. The molecule has 0 heterocycles. The van der Waals surface area contributed by atoms with E-state index in [4.69, 9.17) is 0 Å². The van der Waals surface area contributed by atoms with Crippen LogP contribution in [0.3, 0.4) is 0 Å². The summed E-state index contributed by atoms with van der Waals surface area (Å²) in [7, 11) is 0. The van der Waals surface area contributed by atoms with Gasteiger partial charge in [-0.25, -0.2) is 0 Å². The van der Waals surface area contributed by atoms with Crippen molar-refractivity contribution < 1.29 is 14.4 Å². The second-order valence-corrected chi connectivity index (χ2v) is 5.23. The number of fused-ring (bicyclic) bond motifs is 1. The number of ketones is 2. The van der Waals surface area contributed by atoms with Gasteiger partial charge < -0.3 is 4.79 Å². The molecule has 1 unspecified atom stereocenters. The van der Waals surface area contributed by atoms with Crippen molar-refractivity contribution in [1.29, 1.82) is 0 Å². The molecule has 0 saturated carbocycles. The minimum atomic E-state index is -1.49. The number of Topliss-reactive ketones (excluding diaryl/α,β-unsaturated/α-hetero) is 2. The fraction of sp³-hybridized carbons (Fsp3) is 0.438. The van der Waals surface area contributed by atoms with E-state index >= 15 is 0 Å². The summed E-state index contributed by atoms with van der Waals surface area (Å²) < 4.78 is 0. The first kappa shape index (κ1) is 13.7. The van der Waals surface area contributed by atoms with E-state index in [1.54, 1.807) is 24.3 Å². The van der Waals surface area contributed by atoms with Crippen LogP contribution in [0.25, 0.3) is 0 Å². The van der Waals surface area contributed by atoms with Crippen LogP contribution in [0.2, 0.25) is 0 Å². The van der Waals surface area contributed by atoms with E-state index in [2.05, 4.69) is 0 Å². The smallest absolute Gasteiger partial charge is 0.184 e. The number of carbonyl (C=O) groups is 3. The van der Waals surface area contributed by atoms with Gasteiger partial charge in [-0.15, -0.1) is 0 Å². The van der Waals surface area contributed by atoms with E-state index in [1.807, 2.05) is 13.8 Å². The Balaban J connectivity index is 2.46. The first-order chi connectivity index (χ1) is 9.09. The molecular formula is C16H18O3. The lowest BCUT2D eigenvalue weighted by Crippen LogP contribution is -2.41. The van der Waals surface area contributed by atoms with Crippen molar-refractivity contribution in [2.45, 2.75) is 33.1 Å². The summed E-state index contributed by atoms with van der Waals surface area (Å²) in [5.74, 6) is -0.907. The minimum absolute atomic E-state index is 0.252. The van der Waals surface area contributed by atoms with Gasteiger partial charge in [0.05, 0.1) is 0 Å². The number of unbranched alkanes of at least 4 members (excludes halogenated alkanes) is 1. The molecule has 1 aromatic rings. The lowest BCUT2D eigenvalue weighted by Gasteiger charge is -2.26. The average molecular weight is 258 g/mol. The molecule has 3 nitrogen and oxygen atoms in total. The molecule has 19 heavy (non-hydrogen) atoms. The Morgan fingerprint density at radius 3 is 2.11 bits per heavy atom. The molecule has 1 atom stereocenters. The van der Waals surface area contributed by atoms with Gasteiger partial charge in [-0.1, -0.05) is 51.0 Å². The topological polar surface area (TPSA) is 51.2 Å². The van der Waals surface area contributed by atoms with Crippen molar-refractivity contribution in [2.75, 3.05) is 0 Å². The van der Waals surface area contributed by atoms with Gasteiger partial charge in [0.1, 0.15) is 6.29 Å². The number of carbonyl (C=O) groups excluding carboxylic acids is 3. The molecule has 0 radical (unpaired) electrons. The highest BCUT2D eigenvalue weighted by molar-refractivity contribution is 6.36. The standard InChI is InChI=1S/C16H18O3/c1-3-4-7-11(2)16(10-17)14(18)12-8-5-6-9-13(12)15(16)19/h5-6,8-11H,3-4,7H2,1-2H3. The van der Waals surface area contributed by atoms with E-state index in [-0.39, 0.29) is 17.5 Å². The zero-order valence-corrected chi connectivity index (χ0v) is 11.3. The van der Waals surface area contributed by atoms with Gasteiger partial charge in [0.2, 0.25) is 0 Å². The lowest BCUT2D eigenvalue weighted by atomic mass is 9.71. The van der Waals surface area contributed by atoms with E-state index < -0.39 is 5.41 Å². The number of hydrogen-bond acceptors (Lipinski definition) is 3. The van der Waals surface area contributed by atoms with E-state index in [0.29, 0.717) is 23.8 Å². The van der Waals surface area contributed by atoms with Crippen molar-refractivity contribution in [3.63, 3.8) is 0 Å². The zero-order valence-electron chi connectivity index (χ0n) is 11.3. The fourth-order valence-electron chi connectivity index (χ4n) is 2.84. The van der Waals surface area contributed by atoms with Gasteiger partial charge in [-0.05, 0) is 12.3 Å². The van der Waals surface area contributed by atoms with Crippen LogP contribution >= 0.6 is 0 Å². The summed E-state index contributed by atoms with van der Waals surface area (Å²) in [5.41, 5.74) is -0.704. The molecule has 0 N–H and O–H groups in total. The molecule has 0 fully saturated rings. The lowest BCUT2D eigenvalue weighted by molar-refractivity contribution is -0.114. The van der Waals surface area contributed by atoms with Crippen molar-refractivity contribution in [2.24, 2.45) is 11.3 Å². The third-order valence-corrected chi connectivity index (χ3v) is 4.12. The monoisotopic (exact) mass is 258 g/mol. The Morgan fingerprint density at radius 1 is 1.16 bits per heavy atom. The molecule has 1 aromatic carbocycles. The Labute approximate surface area is 113 Å². The fourth-order valence-corrected chi connectivity index (χ4v) is 2.84. The van der Waals surface area contributed by atoms with Crippen LogP contribution < -0.4 is 0 Å². The summed E-state index contributed by atoms with van der Waals surface area (Å²) in [6, 6.07) is 6.71. The van der Waals surface area contributed by atoms with Crippen LogP contribution in [0.5, 0.6) is 0 Å². The molecule has 1 aliphatic carbocycles. The highest BCUT2D eigenvalue weighted by Crippen LogP contribution is 2.42. The molecule has 1 aliphatic rings. The van der Waals surface area contributed by atoms with Crippen molar-refractivity contribution in [3.05, 3.63) is 35.4 Å². The molecule has 0 saturated heterocycles. The van der Waals surface area contributed by atoms with Crippen molar-refractivity contribution in [3.8, 4) is 0 Å². The molecule has 2 rings (SSSR count). The Bertz CT molecular complexity index is 496. The number of rotatable bonds is 5. The summed E-state index contributed by atoms with van der Waals surface area (Å²) >= 11 is 0. The van der Waals surface area contributed by atoms with E-state index in [9.17, 15) is 14.4 Å². The van der Waals surface area contributed by atoms with Crippen molar-refractivity contribution >= 4 is 17.9 Å². The number of benzene rings is 1. The maximum absolute atomic E-state index is 12.5. The summed E-state index contributed by atoms with van der Waals surface area (Å²) in [6.07, 6.45) is 3.17. The van der Waals surface area contributed by atoms with Crippen LogP contribution in [-0.2, 0) is 4.79 Å². The van der Waals surface area contributed by atoms with Crippen LogP contribution in [0.1, 0.15) is 53.8 Å². The largest absolute Gasteiger partial charge is 0.302 e. The first-order valence-electron chi connectivity index (χ1n) is 6.74. The highest BCUT2D eigenvalue weighted by atomic mass is 16.2. The molecule has 100 valence electrons.